The Morgan fingerprint density at radius 2 is 1.65 bits per heavy atom. The van der Waals surface area contributed by atoms with Crippen LogP contribution < -0.4 is 5.32 Å². The summed E-state index contributed by atoms with van der Waals surface area (Å²) in [5, 5.41) is 3.96. The average molecular weight is 389 g/mol. The predicted molar refractivity (Wildman–Crippen MR) is 103 cm³/mol. The Hall–Kier alpha value is -2.44. The molecule has 7 heteroatoms. The first-order valence-corrected chi connectivity index (χ1v) is 9.75. The van der Waals surface area contributed by atoms with E-state index in [0.717, 1.165) is 5.39 Å². The Bertz CT molecular complexity index is 1080. The van der Waals surface area contributed by atoms with Crippen LogP contribution in [0, 0.1) is 0 Å². The largest absolute Gasteiger partial charge is 0.309 e. The van der Waals surface area contributed by atoms with Gasteiger partial charge in [-0.05, 0) is 56.3 Å². The van der Waals surface area contributed by atoms with Crippen LogP contribution in [0.15, 0.2) is 65.6 Å². The maximum Gasteiger partial charge on any atom is 0.246 e. The molecule has 3 aromatic rings. The SMILES string of the molecule is CC(C)(C(=O)Nc1ccc2ccccc2n1)S(=O)(=O)c1ccc(Cl)cc1. The van der Waals surface area contributed by atoms with Crippen LogP contribution in [0.2, 0.25) is 5.02 Å². The number of benzene rings is 2. The van der Waals surface area contributed by atoms with Crippen molar-refractivity contribution in [3.63, 3.8) is 0 Å². The maximum atomic E-state index is 12.9. The molecule has 2 aromatic carbocycles. The average Bonchev–Trinajstić information content (AvgIpc) is 2.61. The van der Waals surface area contributed by atoms with Gasteiger partial charge in [0.2, 0.25) is 5.91 Å². The molecule has 0 fully saturated rings. The molecule has 0 spiro atoms. The van der Waals surface area contributed by atoms with E-state index in [1.54, 1.807) is 6.07 Å². The minimum absolute atomic E-state index is 0.0357. The Labute approximate surface area is 156 Å². The van der Waals surface area contributed by atoms with E-state index in [4.69, 9.17) is 11.6 Å². The minimum Gasteiger partial charge on any atom is -0.309 e. The molecule has 1 N–H and O–H groups in total. The Balaban J connectivity index is 1.90. The number of carbonyl (C=O) groups excluding carboxylic acids is 1. The summed E-state index contributed by atoms with van der Waals surface area (Å²) >= 11 is 5.81. The highest BCUT2D eigenvalue weighted by Gasteiger charge is 2.43. The monoisotopic (exact) mass is 388 g/mol. The van der Waals surface area contributed by atoms with Gasteiger partial charge in [0.25, 0.3) is 0 Å². The van der Waals surface area contributed by atoms with Crippen LogP contribution >= 0.6 is 11.6 Å². The zero-order valence-corrected chi connectivity index (χ0v) is 15.8. The smallest absolute Gasteiger partial charge is 0.246 e. The van der Waals surface area contributed by atoms with Crippen molar-refractivity contribution in [3.8, 4) is 0 Å². The Kier molecular flexibility index (Phi) is 4.73. The van der Waals surface area contributed by atoms with Crippen molar-refractivity contribution in [1.29, 1.82) is 0 Å². The number of pyridine rings is 1. The summed E-state index contributed by atoms with van der Waals surface area (Å²) in [6.45, 7) is 2.74. The lowest BCUT2D eigenvalue weighted by molar-refractivity contribution is -0.117. The summed E-state index contributed by atoms with van der Waals surface area (Å²) in [6.07, 6.45) is 0. The molecule has 0 bridgehead atoms. The standard InChI is InChI=1S/C19H17ClN2O3S/c1-19(2,26(24,25)15-10-8-14(20)9-11-15)18(23)22-17-12-7-13-5-3-4-6-16(13)21-17/h3-12H,1-2H3,(H,21,22,23). The van der Waals surface area contributed by atoms with Gasteiger partial charge in [0.1, 0.15) is 10.6 Å². The molecular formula is C19H17ClN2O3S. The van der Waals surface area contributed by atoms with Crippen molar-refractivity contribution in [2.45, 2.75) is 23.5 Å². The van der Waals surface area contributed by atoms with Crippen molar-refractivity contribution in [2.75, 3.05) is 5.32 Å². The third kappa shape index (κ3) is 3.30. The van der Waals surface area contributed by atoms with Gasteiger partial charge in [-0.1, -0.05) is 29.8 Å². The van der Waals surface area contributed by atoms with Crippen molar-refractivity contribution in [2.24, 2.45) is 0 Å². The van der Waals surface area contributed by atoms with Gasteiger partial charge in [0.05, 0.1) is 10.4 Å². The number of nitrogens with zero attached hydrogens (tertiary/aromatic N) is 1. The second-order valence-electron chi connectivity index (χ2n) is 6.31. The van der Waals surface area contributed by atoms with E-state index in [0.29, 0.717) is 16.4 Å². The van der Waals surface area contributed by atoms with Gasteiger partial charge in [0, 0.05) is 10.4 Å². The fourth-order valence-corrected chi connectivity index (χ4v) is 3.94. The van der Waals surface area contributed by atoms with Crippen LogP contribution in [-0.2, 0) is 14.6 Å². The number of halogens is 1. The number of fused-ring (bicyclic) bond motifs is 1. The molecule has 5 nitrogen and oxygen atoms in total. The number of aromatic nitrogens is 1. The summed E-state index contributed by atoms with van der Waals surface area (Å²) in [7, 11) is -3.92. The van der Waals surface area contributed by atoms with Crippen molar-refractivity contribution in [1.82, 2.24) is 4.98 Å². The molecular weight excluding hydrogens is 372 g/mol. The first-order valence-electron chi connectivity index (χ1n) is 7.89. The highest BCUT2D eigenvalue weighted by molar-refractivity contribution is 7.93. The van der Waals surface area contributed by atoms with E-state index in [9.17, 15) is 13.2 Å². The Morgan fingerprint density at radius 3 is 2.35 bits per heavy atom. The zero-order chi connectivity index (χ0) is 18.9. The van der Waals surface area contributed by atoms with Crippen LogP contribution in [0.5, 0.6) is 0 Å². The molecule has 0 aliphatic heterocycles. The maximum absolute atomic E-state index is 12.9. The quantitative estimate of drug-likeness (QED) is 0.730. The van der Waals surface area contributed by atoms with Gasteiger partial charge in [-0.25, -0.2) is 13.4 Å². The van der Waals surface area contributed by atoms with Gasteiger partial charge >= 0.3 is 0 Å². The number of hydrogen-bond acceptors (Lipinski definition) is 4. The van der Waals surface area contributed by atoms with Gasteiger partial charge in [-0.15, -0.1) is 0 Å². The molecule has 0 radical (unpaired) electrons. The summed E-state index contributed by atoms with van der Waals surface area (Å²) in [4.78, 5) is 17.1. The second-order valence-corrected chi connectivity index (χ2v) is 9.25. The lowest BCUT2D eigenvalue weighted by Crippen LogP contribution is -2.44. The number of sulfone groups is 1. The number of amides is 1. The fraction of sp³-hybridized carbons (Fsp3) is 0.158. The molecule has 134 valence electrons. The van der Waals surface area contributed by atoms with E-state index >= 15 is 0 Å². The molecule has 0 aliphatic rings. The summed E-state index contributed by atoms with van der Waals surface area (Å²) in [5.74, 6) is -0.358. The van der Waals surface area contributed by atoms with Crippen molar-refractivity contribution < 1.29 is 13.2 Å². The molecule has 0 unspecified atom stereocenters. The van der Waals surface area contributed by atoms with E-state index in [2.05, 4.69) is 10.3 Å². The molecule has 1 heterocycles. The molecule has 0 aliphatic carbocycles. The molecule has 1 amide bonds. The lowest BCUT2D eigenvalue weighted by atomic mass is 10.2. The third-order valence-corrected chi connectivity index (χ3v) is 6.86. The fourth-order valence-electron chi connectivity index (χ4n) is 2.43. The van der Waals surface area contributed by atoms with E-state index in [1.165, 1.54) is 38.1 Å². The molecule has 1 aromatic heterocycles. The highest BCUT2D eigenvalue weighted by Crippen LogP contribution is 2.28. The molecule has 0 saturated heterocycles. The molecule has 0 atom stereocenters. The zero-order valence-electron chi connectivity index (χ0n) is 14.2. The van der Waals surface area contributed by atoms with Gasteiger partial charge in [-0.3, -0.25) is 4.79 Å². The van der Waals surface area contributed by atoms with Gasteiger partial charge < -0.3 is 5.32 Å². The van der Waals surface area contributed by atoms with Crippen LogP contribution in [-0.4, -0.2) is 24.1 Å². The topological polar surface area (TPSA) is 76.1 Å². The predicted octanol–water partition coefficient (Wildman–Crippen LogP) is 4.08. The lowest BCUT2D eigenvalue weighted by Gasteiger charge is -2.23. The third-order valence-electron chi connectivity index (χ3n) is 4.18. The van der Waals surface area contributed by atoms with Crippen LogP contribution in [0.4, 0.5) is 5.82 Å². The van der Waals surface area contributed by atoms with Gasteiger partial charge in [0.15, 0.2) is 9.84 Å². The van der Waals surface area contributed by atoms with Crippen LogP contribution in [0.3, 0.4) is 0 Å². The Morgan fingerprint density at radius 1 is 1.00 bits per heavy atom. The number of para-hydroxylation sites is 1. The summed E-state index contributed by atoms with van der Waals surface area (Å²) < 4.78 is 24.1. The molecule has 26 heavy (non-hydrogen) atoms. The number of rotatable bonds is 4. The molecule has 0 saturated carbocycles. The number of hydrogen-bond donors (Lipinski definition) is 1. The van der Waals surface area contributed by atoms with Gasteiger partial charge in [-0.2, -0.15) is 0 Å². The van der Waals surface area contributed by atoms with Crippen molar-refractivity contribution >= 4 is 44.1 Å². The van der Waals surface area contributed by atoms with Crippen LogP contribution in [0.1, 0.15) is 13.8 Å². The van der Waals surface area contributed by atoms with Crippen LogP contribution in [0.25, 0.3) is 10.9 Å². The number of carbonyl (C=O) groups is 1. The van der Waals surface area contributed by atoms with Crippen molar-refractivity contribution in [3.05, 3.63) is 65.7 Å². The first kappa shape index (κ1) is 18.4. The number of nitrogens with one attached hydrogen (secondary N) is 1. The molecule has 3 rings (SSSR count). The number of anilines is 1. The first-order chi connectivity index (χ1) is 12.2. The minimum atomic E-state index is -3.92. The van der Waals surface area contributed by atoms with E-state index in [1.807, 2.05) is 30.3 Å². The summed E-state index contributed by atoms with van der Waals surface area (Å²) in [5.41, 5.74) is 0.712. The second kappa shape index (κ2) is 6.70. The highest BCUT2D eigenvalue weighted by atomic mass is 35.5. The normalized spacial score (nSPS) is 12.1. The van der Waals surface area contributed by atoms with E-state index in [-0.39, 0.29) is 4.90 Å². The van der Waals surface area contributed by atoms with E-state index < -0.39 is 20.5 Å². The summed E-state index contributed by atoms with van der Waals surface area (Å²) in [6, 6.07) is 16.7.